The molecule has 0 spiro atoms. The van der Waals surface area contributed by atoms with Crippen molar-refractivity contribution < 1.29 is 9.53 Å². The summed E-state index contributed by atoms with van der Waals surface area (Å²) in [6.45, 7) is 8.12. The summed E-state index contributed by atoms with van der Waals surface area (Å²) in [5, 5.41) is 0. The van der Waals surface area contributed by atoms with Crippen molar-refractivity contribution in [3.05, 3.63) is 57.9 Å². The number of carbonyl (C=O) groups excluding carboxylic acids is 1. The maximum absolute atomic E-state index is 12.8. The Morgan fingerprint density at radius 3 is 2.81 bits per heavy atom. The minimum Gasteiger partial charge on any atom is -0.380 e. The molecule has 0 aliphatic heterocycles. The zero-order chi connectivity index (χ0) is 19.4. The van der Waals surface area contributed by atoms with Gasteiger partial charge in [-0.3, -0.25) is 4.79 Å². The molecule has 6 heteroatoms. The lowest BCUT2D eigenvalue weighted by molar-refractivity contribution is 0.0996. The first-order valence-corrected chi connectivity index (χ1v) is 11.0. The molecule has 142 valence electrons. The molecule has 0 atom stereocenters. The molecule has 4 nitrogen and oxygen atoms in total. The van der Waals surface area contributed by atoms with Crippen molar-refractivity contribution >= 4 is 39.2 Å². The Hall–Kier alpha value is -1.89. The number of rotatable bonds is 6. The molecule has 0 saturated heterocycles. The minimum absolute atomic E-state index is 0.211. The molecule has 0 N–H and O–H groups in total. The van der Waals surface area contributed by atoms with Crippen LogP contribution < -0.4 is 4.80 Å². The number of hydrogen-bond acceptors (Lipinski definition) is 4. The van der Waals surface area contributed by atoms with E-state index < -0.39 is 0 Å². The molecule has 1 aromatic heterocycles. The fraction of sp³-hybridized carbons (Fsp3) is 0.333. The van der Waals surface area contributed by atoms with E-state index in [2.05, 4.69) is 35.5 Å². The molecule has 1 amide bonds. The first-order chi connectivity index (χ1) is 13.0. The van der Waals surface area contributed by atoms with E-state index >= 15 is 0 Å². The lowest BCUT2D eigenvalue weighted by atomic mass is 10.1. The van der Waals surface area contributed by atoms with Gasteiger partial charge < -0.3 is 9.30 Å². The van der Waals surface area contributed by atoms with Crippen molar-refractivity contribution in [2.45, 2.75) is 32.2 Å². The molecule has 0 saturated carbocycles. The third-order valence-electron chi connectivity index (χ3n) is 4.29. The summed E-state index contributed by atoms with van der Waals surface area (Å²) in [4.78, 5) is 19.0. The summed E-state index contributed by atoms with van der Waals surface area (Å²) >= 11 is 3.18. The standard InChI is InChI=1S/C21H24N2O2S2/c1-5-25-10-9-23-18-12-14(2)11-15(3)19(18)27-21(23)22-20(24)16-7-6-8-17(13-16)26-4/h6-8,11-13H,5,9-10H2,1-4H3. The molecule has 0 aliphatic carbocycles. The quantitative estimate of drug-likeness (QED) is 0.440. The minimum atomic E-state index is -0.211. The molecule has 3 rings (SSSR count). The fourth-order valence-electron chi connectivity index (χ4n) is 3.02. The van der Waals surface area contributed by atoms with Crippen molar-refractivity contribution in [2.24, 2.45) is 4.99 Å². The second-order valence-corrected chi connectivity index (χ2v) is 8.17. The van der Waals surface area contributed by atoms with Crippen LogP contribution in [-0.2, 0) is 11.3 Å². The van der Waals surface area contributed by atoms with Crippen molar-refractivity contribution in [1.82, 2.24) is 4.57 Å². The monoisotopic (exact) mass is 400 g/mol. The second kappa shape index (κ2) is 8.87. The number of nitrogens with zero attached hydrogens (tertiary/aromatic N) is 2. The van der Waals surface area contributed by atoms with Gasteiger partial charge >= 0.3 is 0 Å². The summed E-state index contributed by atoms with van der Waals surface area (Å²) in [6.07, 6.45) is 2.00. The fourth-order valence-corrected chi connectivity index (χ4v) is 4.59. The van der Waals surface area contributed by atoms with E-state index in [1.807, 2.05) is 37.4 Å². The van der Waals surface area contributed by atoms with E-state index in [9.17, 15) is 4.79 Å². The molecule has 0 radical (unpaired) electrons. The van der Waals surface area contributed by atoms with Gasteiger partial charge in [0.1, 0.15) is 0 Å². The van der Waals surface area contributed by atoms with Crippen LogP contribution in [0.1, 0.15) is 28.4 Å². The Morgan fingerprint density at radius 2 is 2.07 bits per heavy atom. The van der Waals surface area contributed by atoms with Crippen LogP contribution in [0.15, 0.2) is 46.3 Å². The van der Waals surface area contributed by atoms with E-state index in [1.165, 1.54) is 15.8 Å². The van der Waals surface area contributed by atoms with Gasteiger partial charge in [0.2, 0.25) is 0 Å². The van der Waals surface area contributed by atoms with Gasteiger partial charge in [-0.15, -0.1) is 11.8 Å². The summed E-state index contributed by atoms with van der Waals surface area (Å²) < 4.78 is 8.82. The smallest absolute Gasteiger partial charge is 0.279 e. The number of thiazole rings is 1. The SMILES string of the molecule is CCOCCn1c(=NC(=O)c2cccc(SC)c2)sc2c(C)cc(C)cc21. The van der Waals surface area contributed by atoms with Crippen LogP contribution in [0.2, 0.25) is 0 Å². The molecule has 0 fully saturated rings. The number of aromatic nitrogens is 1. The van der Waals surface area contributed by atoms with Crippen LogP contribution in [0.5, 0.6) is 0 Å². The van der Waals surface area contributed by atoms with Crippen molar-refractivity contribution in [3.8, 4) is 0 Å². The summed E-state index contributed by atoms with van der Waals surface area (Å²) in [6, 6.07) is 11.9. The molecular formula is C21H24N2O2S2. The molecule has 0 aliphatic rings. The lowest BCUT2D eigenvalue weighted by Gasteiger charge is -2.07. The van der Waals surface area contributed by atoms with Gasteiger partial charge in [0, 0.05) is 23.6 Å². The van der Waals surface area contributed by atoms with Gasteiger partial charge in [0.25, 0.3) is 5.91 Å². The van der Waals surface area contributed by atoms with Crippen LogP contribution in [0.25, 0.3) is 10.2 Å². The Morgan fingerprint density at radius 1 is 1.26 bits per heavy atom. The highest BCUT2D eigenvalue weighted by atomic mass is 32.2. The van der Waals surface area contributed by atoms with Gasteiger partial charge in [-0.05, 0) is 62.4 Å². The number of fused-ring (bicyclic) bond motifs is 1. The van der Waals surface area contributed by atoms with Crippen LogP contribution >= 0.6 is 23.1 Å². The Kier molecular flexibility index (Phi) is 6.52. The topological polar surface area (TPSA) is 43.6 Å². The van der Waals surface area contributed by atoms with E-state index in [-0.39, 0.29) is 5.91 Å². The van der Waals surface area contributed by atoms with E-state index in [4.69, 9.17) is 4.74 Å². The number of amides is 1. The predicted octanol–water partition coefficient (Wildman–Crippen LogP) is 4.82. The van der Waals surface area contributed by atoms with Crippen molar-refractivity contribution in [3.63, 3.8) is 0 Å². The summed E-state index contributed by atoms with van der Waals surface area (Å²) in [5.74, 6) is -0.211. The highest BCUT2D eigenvalue weighted by Crippen LogP contribution is 2.23. The van der Waals surface area contributed by atoms with Gasteiger partial charge in [-0.1, -0.05) is 23.5 Å². The average Bonchev–Trinajstić information content (AvgIpc) is 2.99. The number of benzene rings is 2. The van der Waals surface area contributed by atoms with Gasteiger partial charge in [-0.2, -0.15) is 4.99 Å². The Bertz CT molecular complexity index is 1030. The zero-order valence-corrected chi connectivity index (χ0v) is 17.7. The van der Waals surface area contributed by atoms with Crippen LogP contribution in [-0.4, -0.2) is 29.9 Å². The third-order valence-corrected chi connectivity index (χ3v) is 6.25. The molecule has 1 heterocycles. The van der Waals surface area contributed by atoms with Gasteiger partial charge in [0.15, 0.2) is 4.80 Å². The highest BCUT2D eigenvalue weighted by Gasteiger charge is 2.12. The molecular weight excluding hydrogens is 376 g/mol. The van der Waals surface area contributed by atoms with Crippen LogP contribution in [0.4, 0.5) is 0 Å². The third kappa shape index (κ3) is 4.51. The number of thioether (sulfide) groups is 1. The van der Waals surface area contributed by atoms with Gasteiger partial charge in [0.05, 0.1) is 16.8 Å². The van der Waals surface area contributed by atoms with Crippen LogP contribution in [0.3, 0.4) is 0 Å². The Labute approximate surface area is 167 Å². The normalized spacial score (nSPS) is 12.1. The number of hydrogen-bond donors (Lipinski definition) is 0. The number of aryl methyl sites for hydroxylation is 2. The van der Waals surface area contributed by atoms with Crippen molar-refractivity contribution in [1.29, 1.82) is 0 Å². The van der Waals surface area contributed by atoms with E-state index in [0.717, 1.165) is 15.2 Å². The molecule has 3 aromatic rings. The average molecular weight is 401 g/mol. The number of ether oxygens (including phenoxy) is 1. The predicted molar refractivity (Wildman–Crippen MR) is 114 cm³/mol. The lowest BCUT2D eigenvalue weighted by Crippen LogP contribution is -2.19. The van der Waals surface area contributed by atoms with E-state index in [0.29, 0.717) is 25.3 Å². The largest absolute Gasteiger partial charge is 0.380 e. The van der Waals surface area contributed by atoms with Gasteiger partial charge in [-0.25, -0.2) is 0 Å². The first-order valence-electron chi connectivity index (χ1n) is 8.95. The van der Waals surface area contributed by atoms with Crippen molar-refractivity contribution in [2.75, 3.05) is 19.5 Å². The zero-order valence-electron chi connectivity index (χ0n) is 16.1. The van der Waals surface area contributed by atoms with Crippen LogP contribution in [0, 0.1) is 13.8 Å². The molecule has 27 heavy (non-hydrogen) atoms. The summed E-state index contributed by atoms with van der Waals surface area (Å²) in [5.41, 5.74) is 4.14. The maximum atomic E-state index is 12.8. The first kappa shape index (κ1) is 19.9. The molecule has 0 bridgehead atoms. The summed E-state index contributed by atoms with van der Waals surface area (Å²) in [7, 11) is 0. The Balaban J connectivity index is 2.10. The van der Waals surface area contributed by atoms with E-state index in [1.54, 1.807) is 23.1 Å². The molecule has 2 aromatic carbocycles. The second-order valence-electron chi connectivity index (χ2n) is 6.31. The highest BCUT2D eigenvalue weighted by molar-refractivity contribution is 7.98. The number of carbonyl (C=O) groups is 1. The molecule has 0 unspecified atom stereocenters. The maximum Gasteiger partial charge on any atom is 0.279 e.